The topological polar surface area (TPSA) is 57.8 Å². The molecule has 0 radical (unpaired) electrons. The molecule has 19 heavy (non-hydrogen) atoms. The SMILES string of the molecule is CCc1[nH]nc(NC(=O)c2ccccc2SC)c1Br. The fourth-order valence-electron chi connectivity index (χ4n) is 1.69. The van der Waals surface area contributed by atoms with Crippen LogP contribution in [0.4, 0.5) is 5.82 Å². The van der Waals surface area contributed by atoms with Crippen LogP contribution in [0.25, 0.3) is 0 Å². The van der Waals surface area contributed by atoms with Crippen LogP contribution in [0.5, 0.6) is 0 Å². The van der Waals surface area contributed by atoms with E-state index in [2.05, 4.69) is 31.4 Å². The Morgan fingerprint density at radius 2 is 2.21 bits per heavy atom. The van der Waals surface area contributed by atoms with Crippen LogP contribution >= 0.6 is 27.7 Å². The van der Waals surface area contributed by atoms with Gasteiger partial charge in [-0.2, -0.15) is 5.10 Å². The molecular weight excluding hydrogens is 326 g/mol. The molecule has 0 spiro atoms. The molecule has 0 aliphatic carbocycles. The first-order chi connectivity index (χ1) is 9.17. The van der Waals surface area contributed by atoms with Gasteiger partial charge in [0.05, 0.1) is 15.7 Å². The van der Waals surface area contributed by atoms with Gasteiger partial charge in [-0.1, -0.05) is 19.1 Å². The van der Waals surface area contributed by atoms with Crippen molar-refractivity contribution in [1.29, 1.82) is 0 Å². The Bertz CT molecular complexity index is 597. The van der Waals surface area contributed by atoms with E-state index in [4.69, 9.17) is 0 Å². The number of rotatable bonds is 4. The second-order valence-corrected chi connectivity index (χ2v) is 5.51. The van der Waals surface area contributed by atoms with Gasteiger partial charge in [-0.05, 0) is 40.7 Å². The molecule has 0 fully saturated rings. The third kappa shape index (κ3) is 3.01. The maximum absolute atomic E-state index is 12.2. The van der Waals surface area contributed by atoms with Gasteiger partial charge >= 0.3 is 0 Å². The predicted octanol–water partition coefficient (Wildman–Crippen LogP) is 3.71. The number of H-pyrrole nitrogens is 1. The van der Waals surface area contributed by atoms with Gasteiger partial charge in [0, 0.05) is 4.90 Å². The Morgan fingerprint density at radius 1 is 1.47 bits per heavy atom. The fourth-order valence-corrected chi connectivity index (χ4v) is 2.84. The molecule has 4 nitrogen and oxygen atoms in total. The normalized spacial score (nSPS) is 10.5. The second-order valence-electron chi connectivity index (χ2n) is 3.87. The lowest BCUT2D eigenvalue weighted by Gasteiger charge is -2.06. The number of nitrogens with zero attached hydrogens (tertiary/aromatic N) is 1. The van der Waals surface area contributed by atoms with E-state index in [-0.39, 0.29) is 5.91 Å². The van der Waals surface area contributed by atoms with Gasteiger partial charge in [0.1, 0.15) is 0 Å². The van der Waals surface area contributed by atoms with Gasteiger partial charge in [-0.3, -0.25) is 9.89 Å². The average molecular weight is 340 g/mol. The van der Waals surface area contributed by atoms with E-state index in [1.807, 2.05) is 37.4 Å². The van der Waals surface area contributed by atoms with Crippen LogP contribution in [0.3, 0.4) is 0 Å². The van der Waals surface area contributed by atoms with Crippen LogP contribution in [0, 0.1) is 0 Å². The Morgan fingerprint density at radius 3 is 2.84 bits per heavy atom. The van der Waals surface area contributed by atoms with Crippen LogP contribution in [-0.4, -0.2) is 22.4 Å². The first-order valence-corrected chi connectivity index (χ1v) is 7.86. The molecule has 2 aromatic rings. The van der Waals surface area contributed by atoms with Gasteiger partial charge in [0.25, 0.3) is 5.91 Å². The van der Waals surface area contributed by atoms with E-state index < -0.39 is 0 Å². The number of carbonyl (C=O) groups excluding carboxylic acids is 1. The molecule has 0 aliphatic rings. The van der Waals surface area contributed by atoms with Crippen LogP contribution < -0.4 is 5.32 Å². The quantitative estimate of drug-likeness (QED) is 0.835. The summed E-state index contributed by atoms with van der Waals surface area (Å²) in [5, 5.41) is 9.80. The number of aromatic nitrogens is 2. The van der Waals surface area contributed by atoms with Crippen molar-refractivity contribution in [3.05, 3.63) is 40.0 Å². The Balaban J connectivity index is 2.23. The molecule has 0 atom stereocenters. The minimum atomic E-state index is -0.153. The molecule has 0 saturated carbocycles. The Hall–Kier alpha value is -1.27. The van der Waals surface area contributed by atoms with E-state index >= 15 is 0 Å². The largest absolute Gasteiger partial charge is 0.304 e. The zero-order valence-electron chi connectivity index (χ0n) is 10.7. The van der Waals surface area contributed by atoms with Crippen molar-refractivity contribution < 1.29 is 4.79 Å². The number of benzene rings is 1. The van der Waals surface area contributed by atoms with Gasteiger partial charge in [0.15, 0.2) is 5.82 Å². The van der Waals surface area contributed by atoms with Crippen LogP contribution in [0.2, 0.25) is 0 Å². The lowest BCUT2D eigenvalue weighted by molar-refractivity contribution is 0.102. The zero-order valence-corrected chi connectivity index (χ0v) is 13.1. The van der Waals surface area contributed by atoms with Crippen molar-refractivity contribution in [3.63, 3.8) is 0 Å². The molecule has 2 N–H and O–H groups in total. The number of hydrogen-bond acceptors (Lipinski definition) is 3. The summed E-state index contributed by atoms with van der Waals surface area (Å²) in [6.07, 6.45) is 2.77. The highest BCUT2D eigenvalue weighted by Crippen LogP contribution is 2.26. The summed E-state index contributed by atoms with van der Waals surface area (Å²) in [5.74, 6) is 0.373. The van der Waals surface area contributed by atoms with E-state index in [0.717, 1.165) is 21.5 Å². The summed E-state index contributed by atoms with van der Waals surface area (Å²) in [6.45, 7) is 2.02. The monoisotopic (exact) mass is 339 g/mol. The standard InChI is InChI=1S/C13H14BrN3OS/c1-3-9-11(14)12(17-16-9)15-13(18)8-6-4-5-7-10(8)19-2/h4-7H,3H2,1-2H3,(H2,15,16,17,18). The summed E-state index contributed by atoms with van der Waals surface area (Å²) in [4.78, 5) is 13.2. The summed E-state index contributed by atoms with van der Waals surface area (Å²) in [6, 6.07) is 7.51. The highest BCUT2D eigenvalue weighted by atomic mass is 79.9. The summed E-state index contributed by atoms with van der Waals surface area (Å²) in [7, 11) is 0. The van der Waals surface area contributed by atoms with E-state index in [9.17, 15) is 4.79 Å². The maximum Gasteiger partial charge on any atom is 0.258 e. The molecule has 1 heterocycles. The number of carbonyl (C=O) groups is 1. The zero-order chi connectivity index (χ0) is 13.8. The third-order valence-electron chi connectivity index (χ3n) is 2.71. The van der Waals surface area contributed by atoms with E-state index in [1.54, 1.807) is 11.8 Å². The number of anilines is 1. The minimum Gasteiger partial charge on any atom is -0.304 e. The van der Waals surface area contributed by atoms with Crippen molar-refractivity contribution in [1.82, 2.24) is 10.2 Å². The molecule has 0 saturated heterocycles. The lowest BCUT2D eigenvalue weighted by atomic mass is 10.2. The van der Waals surface area contributed by atoms with Crippen molar-refractivity contribution in [3.8, 4) is 0 Å². The number of aryl methyl sites for hydroxylation is 1. The van der Waals surface area contributed by atoms with Crippen molar-refractivity contribution >= 4 is 39.4 Å². The maximum atomic E-state index is 12.2. The number of halogens is 1. The highest BCUT2D eigenvalue weighted by Gasteiger charge is 2.15. The number of nitrogens with one attached hydrogen (secondary N) is 2. The summed E-state index contributed by atoms with van der Waals surface area (Å²) >= 11 is 4.98. The van der Waals surface area contributed by atoms with E-state index in [1.165, 1.54) is 0 Å². The highest BCUT2D eigenvalue weighted by molar-refractivity contribution is 9.10. The van der Waals surface area contributed by atoms with Gasteiger partial charge in [-0.15, -0.1) is 11.8 Å². The molecule has 0 bridgehead atoms. The first kappa shape index (κ1) is 14.1. The van der Waals surface area contributed by atoms with Gasteiger partial charge in [-0.25, -0.2) is 0 Å². The number of thioether (sulfide) groups is 1. The molecule has 1 aromatic carbocycles. The van der Waals surface area contributed by atoms with Crippen molar-refractivity contribution in [2.75, 3.05) is 11.6 Å². The van der Waals surface area contributed by atoms with Crippen molar-refractivity contribution in [2.45, 2.75) is 18.2 Å². The average Bonchev–Trinajstić information content (AvgIpc) is 2.79. The van der Waals surface area contributed by atoms with Crippen LogP contribution in [0.1, 0.15) is 23.0 Å². The molecule has 100 valence electrons. The molecule has 0 unspecified atom stereocenters. The summed E-state index contributed by atoms with van der Waals surface area (Å²) in [5.41, 5.74) is 1.62. The van der Waals surface area contributed by atoms with Crippen molar-refractivity contribution in [2.24, 2.45) is 0 Å². The lowest BCUT2D eigenvalue weighted by Crippen LogP contribution is -2.13. The number of aromatic amines is 1. The van der Waals surface area contributed by atoms with Crippen LogP contribution in [-0.2, 0) is 6.42 Å². The molecule has 1 amide bonds. The number of amides is 1. The van der Waals surface area contributed by atoms with E-state index in [0.29, 0.717) is 11.4 Å². The third-order valence-corrected chi connectivity index (χ3v) is 4.36. The Labute approximate surface area is 124 Å². The van der Waals surface area contributed by atoms with Crippen LogP contribution in [0.15, 0.2) is 33.6 Å². The predicted molar refractivity (Wildman–Crippen MR) is 81.8 cm³/mol. The second kappa shape index (κ2) is 6.25. The Kier molecular flexibility index (Phi) is 4.66. The molecule has 1 aromatic heterocycles. The molecule has 0 aliphatic heterocycles. The smallest absolute Gasteiger partial charge is 0.258 e. The van der Waals surface area contributed by atoms with Gasteiger partial charge < -0.3 is 5.32 Å². The minimum absolute atomic E-state index is 0.153. The fraction of sp³-hybridized carbons (Fsp3) is 0.231. The first-order valence-electron chi connectivity index (χ1n) is 5.84. The molecule has 2 rings (SSSR count). The summed E-state index contributed by atoms with van der Waals surface area (Å²) < 4.78 is 0.810. The number of hydrogen-bond donors (Lipinski definition) is 2. The molecular formula is C13H14BrN3OS. The van der Waals surface area contributed by atoms with Gasteiger partial charge in [0.2, 0.25) is 0 Å². The molecule has 6 heteroatoms.